The van der Waals surface area contributed by atoms with Gasteiger partial charge in [-0.1, -0.05) is 32.4 Å². The molecule has 44 heavy (non-hydrogen) atoms. The number of allylic oxidation sites excluding steroid dienone is 2. The first-order valence-electron chi connectivity index (χ1n) is 17.4. The Balaban J connectivity index is 1.35. The number of fused-ring (bicyclic) bond motifs is 2. The van der Waals surface area contributed by atoms with Crippen LogP contribution in [0.3, 0.4) is 0 Å². The predicted octanol–water partition coefficient (Wildman–Crippen LogP) is 4.87. The Morgan fingerprint density at radius 3 is 2.20 bits per heavy atom. The van der Waals surface area contributed by atoms with Crippen molar-refractivity contribution >= 4 is 0 Å². The van der Waals surface area contributed by atoms with Gasteiger partial charge >= 0.3 is 0 Å². The van der Waals surface area contributed by atoms with E-state index in [1.807, 2.05) is 20.8 Å². The maximum Gasteiger partial charge on any atom is 0.187 e. The number of aliphatic hydroxyl groups is 5. The van der Waals surface area contributed by atoms with Crippen molar-refractivity contribution in [2.24, 2.45) is 34.5 Å². The summed E-state index contributed by atoms with van der Waals surface area (Å²) < 4.78 is 19.1. The molecule has 8 heteroatoms. The highest BCUT2D eigenvalue weighted by molar-refractivity contribution is 5.18. The molecule has 2 heterocycles. The van der Waals surface area contributed by atoms with Crippen LogP contribution in [0.2, 0.25) is 0 Å². The van der Waals surface area contributed by atoms with Crippen LogP contribution in [0.1, 0.15) is 120 Å². The number of ether oxygens (including phenoxy) is 3. The molecule has 5 N–H and O–H groups in total. The summed E-state index contributed by atoms with van der Waals surface area (Å²) in [5.74, 6) is 0.990. The van der Waals surface area contributed by atoms with Crippen LogP contribution < -0.4 is 0 Å². The van der Waals surface area contributed by atoms with Crippen LogP contribution >= 0.6 is 0 Å². The van der Waals surface area contributed by atoms with E-state index in [-0.39, 0.29) is 28.8 Å². The third-order valence-corrected chi connectivity index (χ3v) is 13.7. The molecule has 0 aromatic heterocycles. The average Bonchev–Trinajstić information content (AvgIpc) is 3.18. The maximum atomic E-state index is 11.8. The van der Waals surface area contributed by atoms with Gasteiger partial charge in [-0.3, -0.25) is 0 Å². The minimum absolute atomic E-state index is 0.00966. The lowest BCUT2D eigenvalue weighted by molar-refractivity contribution is -0.323. The summed E-state index contributed by atoms with van der Waals surface area (Å²) in [4.78, 5) is 0. The first kappa shape index (κ1) is 34.7. The molecule has 8 nitrogen and oxygen atoms in total. The fraction of sp³-hybridized carbons (Fsp3) is 0.944. The van der Waals surface area contributed by atoms with Crippen molar-refractivity contribution in [1.29, 1.82) is 0 Å². The lowest BCUT2D eigenvalue weighted by Gasteiger charge is -2.54. The molecule has 4 fully saturated rings. The van der Waals surface area contributed by atoms with Crippen molar-refractivity contribution in [3.8, 4) is 0 Å². The fourth-order valence-corrected chi connectivity index (χ4v) is 10.6. The highest BCUT2D eigenvalue weighted by atomic mass is 16.7. The monoisotopic (exact) mass is 622 g/mol. The fourth-order valence-electron chi connectivity index (χ4n) is 10.6. The molecule has 14 atom stereocenters. The van der Waals surface area contributed by atoms with E-state index in [0.717, 1.165) is 44.9 Å². The molecule has 3 aliphatic carbocycles. The van der Waals surface area contributed by atoms with E-state index >= 15 is 0 Å². The van der Waals surface area contributed by atoms with Crippen LogP contribution in [0.25, 0.3) is 0 Å². The molecule has 2 saturated carbocycles. The van der Waals surface area contributed by atoms with E-state index in [4.69, 9.17) is 14.2 Å². The average molecular weight is 623 g/mol. The van der Waals surface area contributed by atoms with Crippen molar-refractivity contribution in [1.82, 2.24) is 0 Å². The Morgan fingerprint density at radius 2 is 1.52 bits per heavy atom. The minimum atomic E-state index is -1.31. The largest absolute Gasteiger partial charge is 0.390 e. The normalized spacial score (nSPS) is 52.3. The van der Waals surface area contributed by atoms with Crippen LogP contribution in [-0.4, -0.2) is 85.2 Å². The highest BCUT2D eigenvalue weighted by Crippen LogP contribution is 2.60. The summed E-state index contributed by atoms with van der Waals surface area (Å²) in [5, 5.41) is 54.1. The van der Waals surface area contributed by atoms with Gasteiger partial charge in [0.15, 0.2) is 6.29 Å². The summed E-state index contributed by atoms with van der Waals surface area (Å²) in [6.45, 7) is 19.2. The zero-order valence-electron chi connectivity index (χ0n) is 28.8. The Kier molecular flexibility index (Phi) is 9.35. The van der Waals surface area contributed by atoms with Gasteiger partial charge in [0.2, 0.25) is 0 Å². The van der Waals surface area contributed by atoms with Gasteiger partial charge in [-0.15, -0.1) is 0 Å². The zero-order chi connectivity index (χ0) is 32.6. The molecular weight excluding hydrogens is 560 g/mol. The van der Waals surface area contributed by atoms with Gasteiger partial charge in [-0.05, 0) is 134 Å². The Hall–Kier alpha value is -0.580. The molecule has 0 amide bonds. The first-order chi connectivity index (χ1) is 20.2. The van der Waals surface area contributed by atoms with Crippen molar-refractivity contribution < 1.29 is 39.7 Å². The molecule has 0 radical (unpaired) electrons. The number of hydrogen-bond acceptors (Lipinski definition) is 8. The van der Waals surface area contributed by atoms with Crippen molar-refractivity contribution in [3.05, 3.63) is 11.6 Å². The lowest BCUT2D eigenvalue weighted by atomic mass is 9.55. The van der Waals surface area contributed by atoms with E-state index in [2.05, 4.69) is 40.7 Å². The molecule has 5 rings (SSSR count). The molecule has 0 aromatic rings. The van der Waals surface area contributed by atoms with Gasteiger partial charge in [0.05, 0.1) is 35.1 Å². The smallest absolute Gasteiger partial charge is 0.187 e. The summed E-state index contributed by atoms with van der Waals surface area (Å²) in [7, 11) is 0. The molecule has 0 spiro atoms. The van der Waals surface area contributed by atoms with Crippen LogP contribution in [0.5, 0.6) is 0 Å². The third-order valence-electron chi connectivity index (χ3n) is 13.7. The van der Waals surface area contributed by atoms with Crippen LogP contribution in [0.4, 0.5) is 0 Å². The lowest BCUT2D eigenvalue weighted by Crippen LogP contribution is -2.59. The minimum Gasteiger partial charge on any atom is -0.390 e. The van der Waals surface area contributed by atoms with Gasteiger partial charge < -0.3 is 39.7 Å². The summed E-state index contributed by atoms with van der Waals surface area (Å²) >= 11 is 0. The van der Waals surface area contributed by atoms with E-state index in [9.17, 15) is 25.5 Å². The van der Waals surface area contributed by atoms with Crippen molar-refractivity contribution in [2.45, 2.75) is 180 Å². The zero-order valence-corrected chi connectivity index (χ0v) is 28.8. The molecule has 254 valence electrons. The van der Waals surface area contributed by atoms with Gasteiger partial charge in [0, 0.05) is 0 Å². The Bertz CT molecular complexity index is 1070. The second-order valence-corrected chi connectivity index (χ2v) is 17.2. The second-order valence-electron chi connectivity index (χ2n) is 17.2. The molecule has 2 aliphatic heterocycles. The van der Waals surface area contributed by atoms with E-state index < -0.39 is 53.6 Å². The second kappa shape index (κ2) is 11.8. The summed E-state index contributed by atoms with van der Waals surface area (Å²) in [6, 6.07) is 0. The van der Waals surface area contributed by atoms with E-state index in [1.54, 1.807) is 6.92 Å². The number of hydrogen-bond donors (Lipinski definition) is 5. The van der Waals surface area contributed by atoms with E-state index in [1.165, 1.54) is 5.57 Å². The molecule has 1 unspecified atom stereocenters. The first-order valence-corrected chi connectivity index (χ1v) is 17.4. The highest BCUT2D eigenvalue weighted by Gasteiger charge is 2.59. The molecular formula is C36H62O8. The Labute approximate surface area is 265 Å². The molecule has 0 aromatic carbocycles. The maximum absolute atomic E-state index is 11.8. The van der Waals surface area contributed by atoms with Crippen LogP contribution in [-0.2, 0) is 14.2 Å². The van der Waals surface area contributed by atoms with Crippen LogP contribution in [0, 0.1) is 34.5 Å². The molecule has 0 bridgehead atoms. The predicted molar refractivity (Wildman–Crippen MR) is 169 cm³/mol. The van der Waals surface area contributed by atoms with Gasteiger partial charge in [-0.25, -0.2) is 0 Å². The summed E-state index contributed by atoms with van der Waals surface area (Å²) in [6.07, 6.45) is 4.06. The van der Waals surface area contributed by atoms with Crippen molar-refractivity contribution in [3.63, 3.8) is 0 Å². The SMILES string of the molecule is CC1=CC[C@@H]2[C@@H](CC[C@@]2(C)O[C@@H]2O[C@@H](C)[C@H](O)[C@@H](O)[C@H]2O)C(C)(C)[C@H]1CC[C@H]1[C@@](C)(O)CCC2OC(C)(C)[C@H](O)CC[C@@]21C. The standard InChI is InChI=1S/C36H62O8/c1-20-10-11-24-23(14-19-36(24,9)44-31-30(40)29(39)28(38)21(2)42-31)32(3,4)22(20)12-13-25-34(7)17-15-26(37)33(5,6)43-27(34)16-18-35(25,8)41/h10,21-31,37-41H,11-19H2,1-9H3/t21-,22-,23+,24+,25+,26+,27?,28-,29+,30+,31-,34+,35-,36+/m0/s1. The Morgan fingerprint density at radius 1 is 0.841 bits per heavy atom. The van der Waals surface area contributed by atoms with Crippen LogP contribution in [0.15, 0.2) is 11.6 Å². The van der Waals surface area contributed by atoms with Crippen molar-refractivity contribution in [2.75, 3.05) is 0 Å². The number of rotatable bonds is 5. The quantitative estimate of drug-likeness (QED) is 0.275. The third kappa shape index (κ3) is 5.86. The van der Waals surface area contributed by atoms with Gasteiger partial charge in [0.1, 0.15) is 18.3 Å². The van der Waals surface area contributed by atoms with E-state index in [0.29, 0.717) is 24.7 Å². The summed E-state index contributed by atoms with van der Waals surface area (Å²) in [5.41, 5.74) is -0.796. The number of aliphatic hydroxyl groups excluding tert-OH is 4. The topological polar surface area (TPSA) is 129 Å². The van der Waals surface area contributed by atoms with Gasteiger partial charge in [-0.2, -0.15) is 0 Å². The molecule has 5 aliphatic rings. The van der Waals surface area contributed by atoms with Gasteiger partial charge in [0.25, 0.3) is 0 Å². The molecule has 2 saturated heterocycles.